The topological polar surface area (TPSA) is 116 Å². The number of hydrogen-bond donors (Lipinski definition) is 2. The van der Waals surface area contributed by atoms with E-state index in [1.54, 1.807) is 23.1 Å². The number of hydrogen-bond acceptors (Lipinski definition) is 7. The van der Waals surface area contributed by atoms with Crippen molar-refractivity contribution in [3.8, 4) is 0 Å². The molecule has 0 spiro atoms. The van der Waals surface area contributed by atoms with E-state index in [-0.39, 0.29) is 24.3 Å². The molecule has 4 aromatic rings. The highest BCUT2D eigenvalue weighted by atomic mass is 32.2. The fraction of sp³-hybridized carbons (Fsp3) is 0.296. The molecular weight excluding hydrogens is 577 g/mol. The summed E-state index contributed by atoms with van der Waals surface area (Å²) in [6.45, 7) is 4.90. The third-order valence-electron chi connectivity index (χ3n) is 6.78. The van der Waals surface area contributed by atoms with Crippen LogP contribution < -0.4 is 9.47 Å². The van der Waals surface area contributed by atoms with Crippen LogP contribution in [0.5, 0.6) is 0 Å². The van der Waals surface area contributed by atoms with Crippen molar-refractivity contribution >= 4 is 76.1 Å². The van der Waals surface area contributed by atoms with Gasteiger partial charge >= 0.3 is 0 Å². The number of benzene rings is 3. The van der Waals surface area contributed by atoms with E-state index < -0.39 is 20.2 Å². The highest BCUT2D eigenvalue weighted by Crippen LogP contribution is 2.48. The molecule has 0 atom stereocenters. The SMILES string of the molecule is Cc1cc2c(cc1C)N(CCCS(=O)(=O)O)C(=Cc1sc3ccc4ccccc4c3[n+]1CCCS(=O)(=O)O)S2. The third kappa shape index (κ3) is 6.31. The summed E-state index contributed by atoms with van der Waals surface area (Å²) in [5.74, 6) is -0.662. The third-order valence-corrected chi connectivity index (χ3v) is 10.6. The van der Waals surface area contributed by atoms with Crippen molar-refractivity contribution in [3.63, 3.8) is 0 Å². The Morgan fingerprint density at radius 2 is 1.62 bits per heavy atom. The van der Waals surface area contributed by atoms with Crippen molar-refractivity contribution < 1.29 is 30.5 Å². The van der Waals surface area contributed by atoms with E-state index in [0.29, 0.717) is 13.1 Å². The van der Waals surface area contributed by atoms with Crippen molar-refractivity contribution in [2.75, 3.05) is 23.0 Å². The molecule has 0 bridgehead atoms. The molecule has 0 fully saturated rings. The Labute approximate surface area is 236 Å². The molecular formula is C27H29N2O6S4+. The number of thioether (sulfide) groups is 1. The molecule has 39 heavy (non-hydrogen) atoms. The number of thiazole rings is 1. The van der Waals surface area contributed by atoms with Crippen LogP contribution in [0.1, 0.15) is 29.0 Å². The highest BCUT2D eigenvalue weighted by molar-refractivity contribution is 8.04. The average Bonchev–Trinajstić information content (AvgIpc) is 3.35. The van der Waals surface area contributed by atoms with E-state index in [1.165, 1.54) is 0 Å². The second-order valence-corrected chi connectivity index (χ2v) is 14.9. The Morgan fingerprint density at radius 1 is 0.923 bits per heavy atom. The van der Waals surface area contributed by atoms with Crippen LogP contribution in [0.4, 0.5) is 5.69 Å². The number of aryl methyl sites for hydroxylation is 3. The Hall–Kier alpha value is -2.48. The van der Waals surface area contributed by atoms with Crippen LogP contribution >= 0.6 is 23.1 Å². The van der Waals surface area contributed by atoms with Crippen LogP contribution in [0.3, 0.4) is 0 Å². The fourth-order valence-corrected chi connectivity index (χ4v) is 8.22. The standard InChI is InChI=1S/C27H28N2O6S4/c1-18-15-22-24(16-19(18)2)37-25(28(22)11-5-13-38(30,31)32)17-26-29(12-6-14-39(33,34)35)27-21-8-4-3-7-20(21)9-10-23(27)36-26/h3-4,7-10,15-17H,5-6,11-14H2,1-2H3,(H-,30,31,32,33,34,35)/p+1. The highest BCUT2D eigenvalue weighted by Gasteiger charge is 2.29. The molecule has 2 heterocycles. The first kappa shape index (κ1) is 28.1. The summed E-state index contributed by atoms with van der Waals surface area (Å²) < 4.78 is 67.5. The first-order chi connectivity index (χ1) is 18.4. The zero-order valence-corrected chi connectivity index (χ0v) is 24.8. The van der Waals surface area contributed by atoms with E-state index in [2.05, 4.69) is 46.7 Å². The molecule has 206 valence electrons. The van der Waals surface area contributed by atoms with E-state index in [1.807, 2.05) is 31.2 Å². The molecule has 12 heteroatoms. The second kappa shape index (κ2) is 10.8. The monoisotopic (exact) mass is 605 g/mol. The van der Waals surface area contributed by atoms with Gasteiger partial charge in [-0.3, -0.25) is 9.11 Å². The van der Waals surface area contributed by atoms with Gasteiger partial charge in [-0.15, -0.1) is 0 Å². The maximum absolute atomic E-state index is 11.5. The van der Waals surface area contributed by atoms with Gasteiger partial charge in [-0.05, 0) is 61.0 Å². The minimum absolute atomic E-state index is 0.249. The molecule has 2 N–H and O–H groups in total. The quantitative estimate of drug-likeness (QED) is 0.192. The lowest BCUT2D eigenvalue weighted by molar-refractivity contribution is -0.667. The summed E-state index contributed by atoms with van der Waals surface area (Å²) in [6, 6.07) is 16.4. The smallest absolute Gasteiger partial charge is 0.265 e. The van der Waals surface area contributed by atoms with Crippen molar-refractivity contribution in [1.29, 1.82) is 0 Å². The summed E-state index contributed by atoms with van der Waals surface area (Å²) in [5.41, 5.74) is 4.29. The predicted octanol–water partition coefficient (Wildman–Crippen LogP) is 5.43. The molecule has 1 aliphatic rings. The van der Waals surface area contributed by atoms with E-state index in [9.17, 15) is 25.9 Å². The molecule has 0 aliphatic carbocycles. The molecule has 3 aromatic carbocycles. The lowest BCUT2D eigenvalue weighted by atomic mass is 10.1. The summed E-state index contributed by atoms with van der Waals surface area (Å²) in [5, 5.41) is 3.97. The number of aromatic nitrogens is 1. The van der Waals surface area contributed by atoms with Gasteiger partial charge in [0.15, 0.2) is 6.54 Å². The molecule has 1 aliphatic heterocycles. The maximum atomic E-state index is 11.5. The van der Waals surface area contributed by atoms with Crippen LogP contribution in [0.2, 0.25) is 0 Å². The van der Waals surface area contributed by atoms with E-state index in [4.69, 9.17) is 0 Å². The largest absolute Gasteiger partial charge is 0.335 e. The van der Waals surface area contributed by atoms with Crippen LogP contribution in [0, 0.1) is 13.8 Å². The van der Waals surface area contributed by atoms with Gasteiger partial charge < -0.3 is 4.90 Å². The Balaban J connectivity index is 1.62. The summed E-state index contributed by atoms with van der Waals surface area (Å²) in [4.78, 5) is 3.16. The summed E-state index contributed by atoms with van der Waals surface area (Å²) in [7, 11) is -8.17. The molecule has 1 aromatic heterocycles. The molecule has 8 nitrogen and oxygen atoms in total. The van der Waals surface area contributed by atoms with Crippen molar-refractivity contribution in [2.45, 2.75) is 38.1 Å². The van der Waals surface area contributed by atoms with Crippen LogP contribution in [-0.2, 0) is 26.8 Å². The van der Waals surface area contributed by atoms with Gasteiger partial charge in [0, 0.05) is 17.9 Å². The fourth-order valence-electron chi connectivity index (χ4n) is 4.81. The number of rotatable bonds is 9. The minimum atomic E-state index is -4.09. The Morgan fingerprint density at radius 3 is 2.36 bits per heavy atom. The predicted molar refractivity (Wildman–Crippen MR) is 159 cm³/mol. The van der Waals surface area contributed by atoms with Crippen LogP contribution in [0.15, 0.2) is 58.5 Å². The molecule has 0 amide bonds. The molecule has 0 saturated carbocycles. The number of fused-ring (bicyclic) bond motifs is 4. The zero-order chi connectivity index (χ0) is 27.9. The van der Waals surface area contributed by atoms with Gasteiger partial charge in [0.05, 0.1) is 33.7 Å². The van der Waals surface area contributed by atoms with Gasteiger partial charge in [-0.1, -0.05) is 47.4 Å². The van der Waals surface area contributed by atoms with Gasteiger partial charge in [-0.25, -0.2) is 0 Å². The summed E-state index contributed by atoms with van der Waals surface area (Å²) in [6.07, 6.45) is 2.57. The van der Waals surface area contributed by atoms with Crippen LogP contribution in [0.25, 0.3) is 27.1 Å². The molecule has 0 unspecified atom stereocenters. The Bertz CT molecular complexity index is 1830. The van der Waals surface area contributed by atoms with Crippen molar-refractivity contribution in [2.24, 2.45) is 0 Å². The molecule has 0 saturated heterocycles. The van der Waals surface area contributed by atoms with Crippen LogP contribution in [-0.4, -0.2) is 44.0 Å². The normalized spacial score (nSPS) is 15.1. The minimum Gasteiger partial charge on any atom is -0.335 e. The van der Waals surface area contributed by atoms with E-state index in [0.717, 1.165) is 52.7 Å². The summed E-state index contributed by atoms with van der Waals surface area (Å²) >= 11 is 3.20. The first-order valence-electron chi connectivity index (χ1n) is 12.4. The zero-order valence-electron chi connectivity index (χ0n) is 21.5. The molecule has 0 radical (unpaired) electrons. The van der Waals surface area contributed by atoms with Gasteiger partial charge in [0.25, 0.3) is 25.2 Å². The lowest BCUT2D eigenvalue weighted by Gasteiger charge is -2.20. The average molecular weight is 606 g/mol. The van der Waals surface area contributed by atoms with E-state index >= 15 is 0 Å². The van der Waals surface area contributed by atoms with Gasteiger partial charge in [0.2, 0.25) is 5.52 Å². The molecule has 5 rings (SSSR count). The Kier molecular flexibility index (Phi) is 7.79. The maximum Gasteiger partial charge on any atom is 0.265 e. The second-order valence-electron chi connectivity index (χ2n) is 9.65. The van der Waals surface area contributed by atoms with Crippen molar-refractivity contribution in [1.82, 2.24) is 0 Å². The lowest BCUT2D eigenvalue weighted by Crippen LogP contribution is -2.36. The van der Waals surface area contributed by atoms with Crippen molar-refractivity contribution in [3.05, 3.63) is 69.7 Å². The first-order valence-corrected chi connectivity index (χ1v) is 17.3. The van der Waals surface area contributed by atoms with Gasteiger partial charge in [-0.2, -0.15) is 21.4 Å². The van der Waals surface area contributed by atoms with Gasteiger partial charge in [0.1, 0.15) is 4.70 Å². The number of anilines is 1. The number of nitrogens with zero attached hydrogens (tertiary/aromatic N) is 2.